The lowest BCUT2D eigenvalue weighted by molar-refractivity contribution is -0.137. The van der Waals surface area contributed by atoms with Gasteiger partial charge in [0, 0.05) is 11.4 Å². The number of rotatable bonds is 6. The van der Waals surface area contributed by atoms with Gasteiger partial charge < -0.3 is 14.8 Å². The molecule has 2 aromatic heterocycles. The van der Waals surface area contributed by atoms with E-state index in [0.29, 0.717) is 16.5 Å². The number of aliphatic carboxylic acids is 1. The molecule has 21 heavy (non-hydrogen) atoms. The quantitative estimate of drug-likeness (QED) is 0.855. The van der Waals surface area contributed by atoms with E-state index in [1.54, 1.807) is 23.8 Å². The molecule has 0 saturated heterocycles. The van der Waals surface area contributed by atoms with Gasteiger partial charge in [0.25, 0.3) is 5.91 Å². The largest absolute Gasteiger partial charge is 0.481 e. The zero-order valence-electron chi connectivity index (χ0n) is 11.1. The highest BCUT2D eigenvalue weighted by atomic mass is 32.1. The summed E-state index contributed by atoms with van der Waals surface area (Å²) in [7, 11) is 0. The molecule has 7 heteroatoms. The third-order valence-corrected chi connectivity index (χ3v) is 4.23. The van der Waals surface area contributed by atoms with Crippen molar-refractivity contribution < 1.29 is 19.1 Å². The van der Waals surface area contributed by atoms with Crippen molar-refractivity contribution in [1.82, 2.24) is 10.3 Å². The van der Waals surface area contributed by atoms with Gasteiger partial charge in [-0.05, 0) is 30.9 Å². The first-order chi connectivity index (χ1) is 10.1. The zero-order valence-corrected chi connectivity index (χ0v) is 11.9. The average Bonchev–Trinajstić information content (AvgIpc) is 2.95. The van der Waals surface area contributed by atoms with E-state index in [4.69, 9.17) is 9.52 Å². The third-order valence-electron chi connectivity index (χ3n) is 3.37. The van der Waals surface area contributed by atoms with Crippen LogP contribution in [0.3, 0.4) is 0 Å². The van der Waals surface area contributed by atoms with Gasteiger partial charge in [-0.1, -0.05) is 0 Å². The second-order valence-corrected chi connectivity index (χ2v) is 5.89. The summed E-state index contributed by atoms with van der Waals surface area (Å²) in [4.78, 5) is 27.2. The SMILES string of the molecule is O=C(O)CC(NC(=O)c1csc(-c2ccco2)n1)C1CC1. The Balaban J connectivity index is 1.68. The summed E-state index contributed by atoms with van der Waals surface area (Å²) in [5.41, 5.74) is 0.294. The molecule has 1 atom stereocenters. The fourth-order valence-corrected chi connectivity index (χ4v) is 2.92. The predicted octanol–water partition coefficient (Wildman–Crippen LogP) is 2.39. The van der Waals surface area contributed by atoms with Gasteiger partial charge in [0.05, 0.1) is 12.7 Å². The minimum Gasteiger partial charge on any atom is -0.481 e. The number of aromatic nitrogens is 1. The van der Waals surface area contributed by atoms with Gasteiger partial charge in [-0.3, -0.25) is 9.59 Å². The summed E-state index contributed by atoms with van der Waals surface area (Å²) >= 11 is 1.32. The Morgan fingerprint density at radius 2 is 2.33 bits per heavy atom. The molecular weight excluding hydrogens is 292 g/mol. The minimum absolute atomic E-state index is 0.0500. The molecule has 1 saturated carbocycles. The maximum Gasteiger partial charge on any atom is 0.305 e. The van der Waals surface area contributed by atoms with Gasteiger partial charge in [0.2, 0.25) is 0 Å². The molecule has 0 spiro atoms. The van der Waals surface area contributed by atoms with Crippen LogP contribution in [0, 0.1) is 5.92 Å². The van der Waals surface area contributed by atoms with Gasteiger partial charge >= 0.3 is 5.97 Å². The Morgan fingerprint density at radius 1 is 1.52 bits per heavy atom. The van der Waals surface area contributed by atoms with E-state index < -0.39 is 5.97 Å². The van der Waals surface area contributed by atoms with Gasteiger partial charge in [-0.15, -0.1) is 11.3 Å². The Morgan fingerprint density at radius 3 is 2.95 bits per heavy atom. The van der Waals surface area contributed by atoms with Crippen LogP contribution in [0.25, 0.3) is 10.8 Å². The Labute approximate surface area is 124 Å². The standard InChI is InChI=1S/C14H14N2O4S/c17-12(18)6-9(8-3-4-8)15-13(19)10-7-21-14(16-10)11-2-1-5-20-11/h1-2,5,7-9H,3-4,6H2,(H,15,19)(H,17,18). The second kappa shape index (κ2) is 5.69. The molecule has 6 nitrogen and oxygen atoms in total. The van der Waals surface area contributed by atoms with Gasteiger partial charge in [0.15, 0.2) is 10.8 Å². The molecule has 3 rings (SSSR count). The number of hydrogen-bond acceptors (Lipinski definition) is 5. The van der Waals surface area contributed by atoms with E-state index in [-0.39, 0.29) is 24.3 Å². The molecule has 1 amide bonds. The Bertz CT molecular complexity index is 646. The van der Waals surface area contributed by atoms with Crippen LogP contribution in [0.4, 0.5) is 0 Å². The maximum atomic E-state index is 12.2. The normalized spacial score (nSPS) is 15.6. The van der Waals surface area contributed by atoms with Crippen molar-refractivity contribution in [3.8, 4) is 10.8 Å². The van der Waals surface area contributed by atoms with E-state index in [9.17, 15) is 9.59 Å². The molecule has 0 aliphatic heterocycles. The maximum absolute atomic E-state index is 12.2. The predicted molar refractivity (Wildman–Crippen MR) is 76.0 cm³/mol. The summed E-state index contributed by atoms with van der Waals surface area (Å²) in [5.74, 6) is -0.347. The Kier molecular flexibility index (Phi) is 3.74. The lowest BCUT2D eigenvalue weighted by Gasteiger charge is -2.15. The van der Waals surface area contributed by atoms with Crippen LogP contribution in [-0.2, 0) is 4.79 Å². The number of nitrogens with zero attached hydrogens (tertiary/aromatic N) is 1. The first-order valence-corrected chi connectivity index (χ1v) is 7.53. The third kappa shape index (κ3) is 3.30. The number of nitrogens with one attached hydrogen (secondary N) is 1. The summed E-state index contributed by atoms with van der Waals surface area (Å²) in [6.07, 6.45) is 3.43. The Hall–Kier alpha value is -2.15. The second-order valence-electron chi connectivity index (χ2n) is 5.03. The van der Waals surface area contributed by atoms with E-state index in [1.807, 2.05) is 0 Å². The van der Waals surface area contributed by atoms with Crippen molar-refractivity contribution in [1.29, 1.82) is 0 Å². The molecule has 0 radical (unpaired) electrons. The number of carboxylic acids is 1. The van der Waals surface area contributed by atoms with E-state index in [1.165, 1.54) is 11.3 Å². The van der Waals surface area contributed by atoms with Gasteiger partial charge in [-0.25, -0.2) is 4.98 Å². The van der Waals surface area contributed by atoms with Crippen molar-refractivity contribution >= 4 is 23.2 Å². The van der Waals surface area contributed by atoms with Crippen LogP contribution >= 0.6 is 11.3 Å². The summed E-state index contributed by atoms with van der Waals surface area (Å²) in [6, 6.07) is 3.22. The number of furan rings is 1. The fraction of sp³-hybridized carbons (Fsp3) is 0.357. The number of carbonyl (C=O) groups excluding carboxylic acids is 1. The molecule has 1 fully saturated rings. The van der Waals surface area contributed by atoms with Crippen molar-refractivity contribution in [2.45, 2.75) is 25.3 Å². The molecule has 1 aliphatic carbocycles. The molecule has 2 aromatic rings. The zero-order chi connectivity index (χ0) is 14.8. The van der Waals surface area contributed by atoms with Crippen molar-refractivity contribution in [2.24, 2.45) is 5.92 Å². The van der Waals surface area contributed by atoms with Crippen LogP contribution in [-0.4, -0.2) is 28.0 Å². The first kappa shape index (κ1) is 13.8. The molecule has 0 aromatic carbocycles. The number of thiazole rings is 1. The average molecular weight is 306 g/mol. The monoisotopic (exact) mass is 306 g/mol. The summed E-state index contributed by atoms with van der Waals surface area (Å²) in [5, 5.41) is 14.0. The van der Waals surface area contributed by atoms with Gasteiger partial charge in [-0.2, -0.15) is 0 Å². The minimum atomic E-state index is -0.901. The van der Waals surface area contributed by atoms with Crippen molar-refractivity contribution in [3.63, 3.8) is 0 Å². The fourth-order valence-electron chi connectivity index (χ4n) is 2.16. The number of amides is 1. The highest BCUT2D eigenvalue weighted by molar-refractivity contribution is 7.13. The van der Waals surface area contributed by atoms with E-state index in [0.717, 1.165) is 12.8 Å². The highest BCUT2D eigenvalue weighted by Crippen LogP contribution is 2.34. The lowest BCUT2D eigenvalue weighted by atomic mass is 10.1. The first-order valence-electron chi connectivity index (χ1n) is 6.65. The molecule has 2 heterocycles. The number of hydrogen-bond donors (Lipinski definition) is 2. The van der Waals surface area contributed by atoms with Crippen LogP contribution in [0.2, 0.25) is 0 Å². The molecule has 110 valence electrons. The van der Waals surface area contributed by atoms with Crippen LogP contribution in [0.15, 0.2) is 28.2 Å². The summed E-state index contributed by atoms with van der Waals surface area (Å²) in [6.45, 7) is 0. The molecule has 0 bridgehead atoms. The van der Waals surface area contributed by atoms with Crippen LogP contribution in [0.5, 0.6) is 0 Å². The van der Waals surface area contributed by atoms with E-state index in [2.05, 4.69) is 10.3 Å². The number of carboxylic acid groups (broad SMARTS) is 1. The van der Waals surface area contributed by atoms with Gasteiger partial charge in [0.1, 0.15) is 5.69 Å². The van der Waals surface area contributed by atoms with E-state index >= 15 is 0 Å². The topological polar surface area (TPSA) is 92.4 Å². The molecule has 2 N–H and O–H groups in total. The van der Waals surface area contributed by atoms with Crippen LogP contribution < -0.4 is 5.32 Å². The smallest absolute Gasteiger partial charge is 0.305 e. The molecule has 1 aliphatic rings. The lowest BCUT2D eigenvalue weighted by Crippen LogP contribution is -2.38. The molecule has 1 unspecified atom stereocenters. The van der Waals surface area contributed by atoms with Crippen molar-refractivity contribution in [2.75, 3.05) is 0 Å². The number of carbonyl (C=O) groups is 2. The van der Waals surface area contributed by atoms with Crippen LogP contribution in [0.1, 0.15) is 29.8 Å². The summed E-state index contributed by atoms with van der Waals surface area (Å²) < 4.78 is 5.23. The molecular formula is C14H14N2O4S. The van der Waals surface area contributed by atoms with Crippen molar-refractivity contribution in [3.05, 3.63) is 29.5 Å². The highest BCUT2D eigenvalue weighted by Gasteiger charge is 2.34.